The lowest BCUT2D eigenvalue weighted by molar-refractivity contribution is -0.366. The lowest BCUT2D eigenvalue weighted by atomic mass is 10.2. The highest BCUT2D eigenvalue weighted by molar-refractivity contribution is 7.93. The van der Waals surface area contributed by atoms with E-state index in [0.29, 0.717) is 40.4 Å². The zero-order valence-electron chi connectivity index (χ0n) is 14.0. The van der Waals surface area contributed by atoms with E-state index in [9.17, 15) is 0 Å². The van der Waals surface area contributed by atoms with Crippen molar-refractivity contribution in [1.82, 2.24) is 21.2 Å². The minimum Gasteiger partial charge on any atom is -0.325 e. The summed E-state index contributed by atoms with van der Waals surface area (Å²) in [6, 6.07) is 9.35. The van der Waals surface area contributed by atoms with E-state index in [-0.39, 0.29) is 0 Å². The van der Waals surface area contributed by atoms with Crippen LogP contribution in [-0.4, -0.2) is 34.6 Å². The Labute approximate surface area is 155 Å². The maximum atomic E-state index is 9.11. The number of nitrogens with one attached hydrogen (secondary N) is 6. The van der Waals surface area contributed by atoms with Crippen molar-refractivity contribution >= 4 is 35.3 Å². The van der Waals surface area contributed by atoms with Crippen molar-refractivity contribution in [3.63, 3.8) is 0 Å². The van der Waals surface area contributed by atoms with Crippen LogP contribution in [0.4, 0.5) is 17.3 Å². The smallest absolute Gasteiger partial charge is 0.230 e. The molecule has 9 N–H and O–H groups in total. The van der Waals surface area contributed by atoms with Crippen LogP contribution in [0.1, 0.15) is 6.42 Å². The maximum absolute atomic E-state index is 9.11. The molecule has 1 aliphatic heterocycles. The Hall–Kier alpha value is -2.60. The molecule has 0 radical (unpaired) electrons. The fourth-order valence-electron chi connectivity index (χ4n) is 2.49. The molecule has 1 unspecified atom stereocenters. The quantitative estimate of drug-likeness (QED) is 0.124. The molecule has 1 saturated heterocycles. The first-order valence-corrected chi connectivity index (χ1v) is 8.88. The molecule has 2 heterocycles. The van der Waals surface area contributed by atoms with Crippen LogP contribution < -0.4 is 37.7 Å². The number of benzene rings is 1. The number of aromatic amines is 1. The van der Waals surface area contributed by atoms with Gasteiger partial charge in [-0.2, -0.15) is 0 Å². The van der Waals surface area contributed by atoms with Gasteiger partial charge in [0.25, 0.3) is 0 Å². The summed E-state index contributed by atoms with van der Waals surface area (Å²) in [6.07, 6.45) is 2.68. The fraction of sp³-hybridized carbons (Fsp3) is 0.267. The van der Waals surface area contributed by atoms with E-state index in [1.54, 1.807) is 30.6 Å². The lowest BCUT2D eigenvalue weighted by Crippen LogP contribution is -2.44. The number of H-pyrrole nitrogens is 1. The predicted molar refractivity (Wildman–Crippen MR) is 102 cm³/mol. The summed E-state index contributed by atoms with van der Waals surface area (Å²) in [4.78, 5) is 12.3. The van der Waals surface area contributed by atoms with Crippen molar-refractivity contribution in [2.45, 2.75) is 17.4 Å². The van der Waals surface area contributed by atoms with Crippen LogP contribution in [0.2, 0.25) is 0 Å². The predicted octanol–water partition coefficient (Wildman–Crippen LogP) is 0.302. The highest BCUT2D eigenvalue weighted by atomic mass is 32.2. The average molecular weight is 376 g/mol. The zero-order chi connectivity index (χ0) is 18.2. The first-order chi connectivity index (χ1) is 12.8. The molecule has 1 fully saturated rings. The SMILES string of the molecule is NNC(=Nc1cccc(SO)c1)NNc1cc(NC2CCNC2)[nH+]cn1. The van der Waals surface area contributed by atoms with E-state index in [2.05, 4.69) is 41.9 Å². The van der Waals surface area contributed by atoms with Gasteiger partial charge < -0.3 is 15.2 Å². The summed E-state index contributed by atoms with van der Waals surface area (Å²) in [7, 11) is 0. The monoisotopic (exact) mass is 376 g/mol. The third kappa shape index (κ3) is 5.20. The third-order valence-corrected chi connectivity index (χ3v) is 4.20. The summed E-state index contributed by atoms with van der Waals surface area (Å²) >= 11 is 0.660. The number of aromatic nitrogens is 2. The molecule has 138 valence electrons. The minimum atomic E-state index is 0.300. The number of aliphatic imine (C=N–C) groups is 1. The van der Waals surface area contributed by atoms with Crippen LogP contribution in [0.15, 0.2) is 46.5 Å². The van der Waals surface area contributed by atoms with E-state index < -0.39 is 0 Å². The van der Waals surface area contributed by atoms with Gasteiger partial charge in [-0.05, 0) is 31.2 Å². The van der Waals surface area contributed by atoms with Crippen molar-refractivity contribution < 1.29 is 9.54 Å². The second kappa shape index (κ2) is 9.20. The molecule has 0 spiro atoms. The first-order valence-electron chi connectivity index (χ1n) is 8.10. The summed E-state index contributed by atoms with van der Waals surface area (Å²) < 4.78 is 9.11. The average Bonchev–Trinajstić information content (AvgIpc) is 3.18. The molecule has 26 heavy (non-hydrogen) atoms. The molecule has 2 aromatic rings. The number of nitrogens with zero attached hydrogens (tertiary/aromatic N) is 2. The van der Waals surface area contributed by atoms with E-state index in [1.807, 2.05) is 6.07 Å². The molecule has 0 amide bonds. The van der Waals surface area contributed by atoms with Crippen LogP contribution in [0.25, 0.3) is 0 Å². The van der Waals surface area contributed by atoms with Crippen molar-refractivity contribution in [1.29, 1.82) is 0 Å². The van der Waals surface area contributed by atoms with Gasteiger partial charge in [0, 0.05) is 23.5 Å². The van der Waals surface area contributed by atoms with E-state index in [4.69, 9.17) is 10.4 Å². The summed E-state index contributed by atoms with van der Waals surface area (Å²) in [5.41, 5.74) is 8.93. The lowest BCUT2D eigenvalue weighted by Gasteiger charge is -2.11. The standard InChI is InChI=1S/C15H21N9OS/c16-22-15(21-10-2-1-3-12(6-10)26-25)24-23-14-7-13(18-9-19-14)20-11-4-5-17-8-11/h1-3,6-7,9,11,17,25H,4-5,8,16H2,(H2,21,22,24)(H2,18,19,20,23)/p+1. The van der Waals surface area contributed by atoms with Crippen LogP contribution in [0, 0.1) is 0 Å². The number of hydrogen-bond acceptors (Lipinski definition) is 8. The highest BCUT2D eigenvalue weighted by Gasteiger charge is 2.18. The molecular formula is C15H22N9OS+. The van der Waals surface area contributed by atoms with Gasteiger partial charge in [-0.15, -0.1) is 0 Å². The van der Waals surface area contributed by atoms with E-state index in [1.165, 1.54) is 0 Å². The zero-order valence-corrected chi connectivity index (χ0v) is 14.8. The fourth-order valence-corrected chi connectivity index (χ4v) is 2.81. The molecule has 11 heteroatoms. The Balaban J connectivity index is 1.61. The van der Waals surface area contributed by atoms with Gasteiger partial charge in [0.1, 0.15) is 0 Å². The second-order valence-electron chi connectivity index (χ2n) is 5.62. The normalized spacial score (nSPS) is 17.0. The van der Waals surface area contributed by atoms with Crippen LogP contribution in [0.3, 0.4) is 0 Å². The number of anilines is 2. The molecule has 0 saturated carbocycles. The number of guanidine groups is 1. The highest BCUT2D eigenvalue weighted by Crippen LogP contribution is 2.20. The van der Waals surface area contributed by atoms with Crippen molar-refractivity contribution in [3.8, 4) is 0 Å². The van der Waals surface area contributed by atoms with Crippen LogP contribution in [-0.2, 0) is 0 Å². The molecule has 0 bridgehead atoms. The molecule has 3 rings (SSSR count). The third-order valence-electron chi connectivity index (χ3n) is 3.73. The molecule has 10 nitrogen and oxygen atoms in total. The van der Waals surface area contributed by atoms with Gasteiger partial charge in [0.15, 0.2) is 0 Å². The Morgan fingerprint density at radius 3 is 3.12 bits per heavy atom. The van der Waals surface area contributed by atoms with Gasteiger partial charge in [-0.1, -0.05) is 11.1 Å². The number of hydrogen-bond donors (Lipinski definition) is 7. The van der Waals surface area contributed by atoms with Crippen molar-refractivity contribution in [3.05, 3.63) is 36.7 Å². The van der Waals surface area contributed by atoms with Gasteiger partial charge in [-0.3, -0.25) is 21.3 Å². The number of rotatable bonds is 6. The summed E-state index contributed by atoms with van der Waals surface area (Å²) in [6.45, 7) is 1.96. The molecule has 1 aromatic heterocycles. The number of hydrazine groups is 2. The van der Waals surface area contributed by atoms with Gasteiger partial charge in [0.2, 0.25) is 23.9 Å². The second-order valence-corrected chi connectivity index (χ2v) is 6.28. The van der Waals surface area contributed by atoms with Gasteiger partial charge in [0.05, 0.1) is 17.8 Å². The Kier molecular flexibility index (Phi) is 6.44. The van der Waals surface area contributed by atoms with Crippen molar-refractivity contribution in [2.24, 2.45) is 10.8 Å². The number of nitrogens with two attached hydrogens (primary N) is 1. The van der Waals surface area contributed by atoms with E-state index in [0.717, 1.165) is 25.3 Å². The first kappa shape index (κ1) is 18.2. The van der Waals surface area contributed by atoms with Crippen LogP contribution in [0.5, 0.6) is 0 Å². The molecular weight excluding hydrogens is 354 g/mol. The Morgan fingerprint density at radius 1 is 1.42 bits per heavy atom. The molecule has 0 aliphatic carbocycles. The van der Waals surface area contributed by atoms with Gasteiger partial charge >= 0.3 is 0 Å². The largest absolute Gasteiger partial charge is 0.325 e. The Bertz CT molecular complexity index is 751. The summed E-state index contributed by atoms with van der Waals surface area (Å²) in [5, 5.41) is 6.72. The van der Waals surface area contributed by atoms with E-state index >= 15 is 0 Å². The Morgan fingerprint density at radius 2 is 2.35 bits per heavy atom. The van der Waals surface area contributed by atoms with Crippen LogP contribution >= 0.6 is 12.0 Å². The van der Waals surface area contributed by atoms with Crippen molar-refractivity contribution in [2.75, 3.05) is 23.8 Å². The molecule has 1 atom stereocenters. The minimum absolute atomic E-state index is 0.300. The molecule has 1 aromatic carbocycles. The molecule has 1 aliphatic rings. The summed E-state index contributed by atoms with van der Waals surface area (Å²) in [5.74, 6) is 7.27. The maximum Gasteiger partial charge on any atom is 0.230 e. The topological polar surface area (TPSA) is 146 Å². The van der Waals surface area contributed by atoms with Gasteiger partial charge in [-0.25, -0.2) is 10.8 Å².